The van der Waals surface area contributed by atoms with Crippen molar-refractivity contribution in [3.63, 3.8) is 0 Å². The highest BCUT2D eigenvalue weighted by atomic mass is 32.2. The van der Waals surface area contributed by atoms with Crippen LogP contribution >= 0.6 is 11.9 Å². The van der Waals surface area contributed by atoms with E-state index in [4.69, 9.17) is 11.5 Å². The van der Waals surface area contributed by atoms with Crippen LogP contribution in [0.3, 0.4) is 0 Å². The van der Waals surface area contributed by atoms with E-state index in [9.17, 15) is 0 Å². The fraction of sp³-hybridized carbons (Fsp3) is 0.364. The Morgan fingerprint density at radius 3 is 2.67 bits per heavy atom. The molecule has 4 N–H and O–H groups in total. The van der Waals surface area contributed by atoms with Gasteiger partial charge in [0.25, 0.3) is 0 Å². The van der Waals surface area contributed by atoms with Gasteiger partial charge in [0.15, 0.2) is 0 Å². The molecule has 1 rings (SSSR count). The lowest BCUT2D eigenvalue weighted by Crippen LogP contribution is -2.03. The third-order valence-corrected chi connectivity index (χ3v) is 3.06. The zero-order valence-corrected chi connectivity index (χ0v) is 9.97. The summed E-state index contributed by atoms with van der Waals surface area (Å²) in [6, 6.07) is 6.19. The molecular formula is C11H17N3S. The van der Waals surface area contributed by atoms with Crippen LogP contribution in [0.15, 0.2) is 22.6 Å². The number of nitrogens with zero attached hydrogens (tertiary/aromatic N) is 1. The molecule has 0 bridgehead atoms. The average Bonchev–Trinajstić information content (AvgIpc) is 2.20. The molecule has 0 fully saturated rings. The summed E-state index contributed by atoms with van der Waals surface area (Å²) in [5.74, 6) is 1.45. The van der Waals surface area contributed by atoms with Gasteiger partial charge in [0.05, 0.1) is 0 Å². The molecule has 0 spiro atoms. The number of rotatable bonds is 4. The second-order valence-electron chi connectivity index (χ2n) is 3.41. The summed E-state index contributed by atoms with van der Waals surface area (Å²) in [5, 5.41) is 0. The van der Waals surface area contributed by atoms with E-state index in [1.54, 1.807) is 6.92 Å². The maximum Gasteiger partial charge on any atom is 0.104 e. The van der Waals surface area contributed by atoms with Gasteiger partial charge in [-0.15, -0.1) is 0 Å². The van der Waals surface area contributed by atoms with Gasteiger partial charge in [0.2, 0.25) is 0 Å². The number of hydrogen-bond acceptors (Lipinski definition) is 3. The Labute approximate surface area is 95.1 Å². The summed E-state index contributed by atoms with van der Waals surface area (Å²) in [4.78, 5) is 0. The molecule has 4 heteroatoms. The second kappa shape index (κ2) is 5.78. The Balaban J connectivity index is 2.73. The average molecular weight is 223 g/mol. The van der Waals surface area contributed by atoms with Gasteiger partial charge >= 0.3 is 0 Å². The van der Waals surface area contributed by atoms with Crippen molar-refractivity contribution in [3.8, 4) is 0 Å². The smallest absolute Gasteiger partial charge is 0.104 e. The Hall–Kier alpha value is -1.00. The zero-order valence-electron chi connectivity index (χ0n) is 9.16. The quantitative estimate of drug-likeness (QED) is 0.466. The Morgan fingerprint density at radius 2 is 2.07 bits per heavy atom. The summed E-state index contributed by atoms with van der Waals surface area (Å²) in [6.45, 7) is 4.47. The Bertz CT molecular complexity index is 357. The van der Waals surface area contributed by atoms with Crippen LogP contribution < -0.4 is 11.5 Å². The largest absolute Gasteiger partial charge is 0.387 e. The zero-order chi connectivity index (χ0) is 11.3. The SMILES string of the molecule is C/C(N)=N/SCc1cccc(CN)c1C. The minimum absolute atomic E-state index is 0.587. The summed E-state index contributed by atoms with van der Waals surface area (Å²) in [5.41, 5.74) is 14.8. The molecule has 0 aliphatic heterocycles. The van der Waals surface area contributed by atoms with Crippen molar-refractivity contribution < 1.29 is 0 Å². The third kappa shape index (κ3) is 3.57. The van der Waals surface area contributed by atoms with E-state index in [1.165, 1.54) is 28.6 Å². The molecule has 0 radical (unpaired) electrons. The molecule has 0 heterocycles. The summed E-state index contributed by atoms with van der Waals surface area (Å²) < 4.78 is 4.10. The maximum atomic E-state index is 5.64. The molecule has 3 nitrogen and oxygen atoms in total. The molecular weight excluding hydrogens is 206 g/mol. The van der Waals surface area contributed by atoms with Crippen molar-refractivity contribution >= 4 is 17.8 Å². The third-order valence-electron chi connectivity index (χ3n) is 2.21. The topological polar surface area (TPSA) is 64.4 Å². The number of nitrogens with two attached hydrogens (primary N) is 2. The van der Waals surface area contributed by atoms with Crippen molar-refractivity contribution in [2.45, 2.75) is 26.1 Å². The minimum Gasteiger partial charge on any atom is -0.387 e. The van der Waals surface area contributed by atoms with Crippen molar-refractivity contribution in [3.05, 3.63) is 34.9 Å². The molecule has 0 saturated carbocycles. The highest BCUT2D eigenvalue weighted by Crippen LogP contribution is 2.19. The van der Waals surface area contributed by atoms with Gasteiger partial charge in [-0.3, -0.25) is 0 Å². The lowest BCUT2D eigenvalue weighted by molar-refractivity contribution is 1.04. The van der Waals surface area contributed by atoms with Crippen LogP contribution in [-0.2, 0) is 12.3 Å². The molecule has 0 aliphatic rings. The maximum absolute atomic E-state index is 5.64. The van der Waals surface area contributed by atoms with E-state index in [0.717, 1.165) is 5.75 Å². The molecule has 1 aromatic rings. The van der Waals surface area contributed by atoms with Crippen molar-refractivity contribution in [1.29, 1.82) is 0 Å². The first-order valence-corrected chi connectivity index (χ1v) is 5.79. The fourth-order valence-corrected chi connectivity index (χ4v) is 2.04. The normalized spacial score (nSPS) is 11.8. The van der Waals surface area contributed by atoms with E-state index in [1.807, 2.05) is 6.07 Å². The molecule has 0 saturated heterocycles. The van der Waals surface area contributed by atoms with Gasteiger partial charge in [-0.1, -0.05) is 18.2 Å². The van der Waals surface area contributed by atoms with Crippen LogP contribution in [0, 0.1) is 6.92 Å². The van der Waals surface area contributed by atoms with Gasteiger partial charge < -0.3 is 11.5 Å². The molecule has 0 atom stereocenters. The van der Waals surface area contributed by atoms with E-state index in [0.29, 0.717) is 12.4 Å². The van der Waals surface area contributed by atoms with Crippen molar-refractivity contribution in [2.24, 2.45) is 15.9 Å². The lowest BCUT2D eigenvalue weighted by atomic mass is 10.0. The van der Waals surface area contributed by atoms with Crippen molar-refractivity contribution in [2.75, 3.05) is 0 Å². The van der Waals surface area contributed by atoms with Gasteiger partial charge in [-0.25, -0.2) is 4.40 Å². The van der Waals surface area contributed by atoms with Gasteiger partial charge in [0.1, 0.15) is 5.84 Å². The van der Waals surface area contributed by atoms with Crippen LogP contribution in [0.2, 0.25) is 0 Å². The van der Waals surface area contributed by atoms with Crippen LogP contribution in [0.4, 0.5) is 0 Å². The number of amidine groups is 1. The van der Waals surface area contributed by atoms with E-state index in [2.05, 4.69) is 23.5 Å². The van der Waals surface area contributed by atoms with E-state index < -0.39 is 0 Å². The number of benzene rings is 1. The first kappa shape index (κ1) is 12.1. The molecule has 82 valence electrons. The molecule has 1 aromatic carbocycles. The Morgan fingerprint density at radius 1 is 1.40 bits per heavy atom. The molecule has 0 unspecified atom stereocenters. The molecule has 15 heavy (non-hydrogen) atoms. The standard InChI is InChI=1S/C11H17N3S/c1-8-10(6-12)4-3-5-11(8)7-15-14-9(2)13/h3-5H,6-7,12H2,1-2H3,(H2,13,14). The second-order valence-corrected chi connectivity index (χ2v) is 4.14. The van der Waals surface area contributed by atoms with Crippen LogP contribution in [0.1, 0.15) is 23.6 Å². The summed E-state index contributed by atoms with van der Waals surface area (Å²) in [6.07, 6.45) is 0. The Kier molecular flexibility index (Phi) is 4.65. The molecule has 0 amide bonds. The predicted molar refractivity (Wildman–Crippen MR) is 67.7 cm³/mol. The monoisotopic (exact) mass is 223 g/mol. The molecule has 0 aromatic heterocycles. The highest BCUT2D eigenvalue weighted by molar-refractivity contribution is 7.97. The first-order valence-electron chi connectivity index (χ1n) is 4.84. The first-order chi connectivity index (χ1) is 7.15. The van der Waals surface area contributed by atoms with Crippen LogP contribution in [0.5, 0.6) is 0 Å². The minimum atomic E-state index is 0.587. The van der Waals surface area contributed by atoms with E-state index in [-0.39, 0.29) is 0 Å². The van der Waals surface area contributed by atoms with Gasteiger partial charge in [-0.2, -0.15) is 0 Å². The van der Waals surface area contributed by atoms with Gasteiger partial charge in [-0.05, 0) is 42.5 Å². The van der Waals surface area contributed by atoms with Crippen molar-refractivity contribution in [1.82, 2.24) is 0 Å². The van der Waals surface area contributed by atoms with E-state index >= 15 is 0 Å². The van der Waals surface area contributed by atoms with Crippen LogP contribution in [-0.4, -0.2) is 5.84 Å². The lowest BCUT2D eigenvalue weighted by Gasteiger charge is -2.08. The van der Waals surface area contributed by atoms with Gasteiger partial charge in [0, 0.05) is 12.3 Å². The van der Waals surface area contributed by atoms with Crippen LogP contribution in [0.25, 0.3) is 0 Å². The highest BCUT2D eigenvalue weighted by Gasteiger charge is 2.02. The fourth-order valence-electron chi connectivity index (χ4n) is 1.32. The molecule has 0 aliphatic carbocycles. The summed E-state index contributed by atoms with van der Waals surface area (Å²) >= 11 is 1.47. The predicted octanol–water partition coefficient (Wildman–Crippen LogP) is 1.98. The summed E-state index contributed by atoms with van der Waals surface area (Å²) in [7, 11) is 0. The number of hydrogen-bond donors (Lipinski definition) is 2.